The first kappa shape index (κ1) is 18.8. The fraction of sp³-hybridized carbons (Fsp3) is 0.429. The molecule has 1 aliphatic heterocycles. The number of hydrazone groups is 1. The van der Waals surface area contributed by atoms with Crippen LogP contribution in [0.5, 0.6) is 5.75 Å². The molecule has 0 aliphatic carbocycles. The van der Waals surface area contributed by atoms with Crippen LogP contribution >= 0.6 is 23.2 Å². The Labute approximate surface area is 145 Å². The number of alkyl halides is 3. The van der Waals surface area contributed by atoms with Crippen LogP contribution < -0.4 is 4.74 Å². The standard InChI is InChI=1S/C14H13Cl2F3N2O3/c1-7-6-13(23,14(17,18)19)21(20-7)12(22)8(2)24-11-4-3-9(15)5-10(11)16/h3-5,8,23H,6H2,1-2H3/t8-,13+/m1/s1. The van der Waals surface area contributed by atoms with Crippen molar-refractivity contribution in [1.82, 2.24) is 5.01 Å². The molecule has 24 heavy (non-hydrogen) atoms. The largest absolute Gasteiger partial charge is 0.479 e. The summed E-state index contributed by atoms with van der Waals surface area (Å²) in [5.41, 5.74) is -3.42. The van der Waals surface area contributed by atoms with Gasteiger partial charge in [-0.25, -0.2) is 0 Å². The summed E-state index contributed by atoms with van der Waals surface area (Å²) in [5.74, 6) is -1.09. The number of hydrogen-bond acceptors (Lipinski definition) is 4. The van der Waals surface area contributed by atoms with Gasteiger partial charge in [-0.05, 0) is 32.0 Å². The molecular weight excluding hydrogens is 372 g/mol. The molecule has 5 nitrogen and oxygen atoms in total. The number of nitrogens with zero attached hydrogens (tertiary/aromatic N) is 2. The Bertz CT molecular complexity index is 696. The zero-order chi connectivity index (χ0) is 18.3. The van der Waals surface area contributed by atoms with Crippen molar-refractivity contribution < 1.29 is 27.8 Å². The number of amides is 1. The molecule has 0 spiro atoms. The lowest BCUT2D eigenvalue weighted by Gasteiger charge is -2.33. The lowest BCUT2D eigenvalue weighted by molar-refractivity contribution is -0.303. The first-order valence-electron chi connectivity index (χ1n) is 6.74. The van der Waals surface area contributed by atoms with Gasteiger partial charge in [0.1, 0.15) is 5.75 Å². The predicted molar refractivity (Wildman–Crippen MR) is 82.1 cm³/mol. The SMILES string of the molecule is CC1=NN(C(=O)[C@@H](C)Oc2ccc(Cl)cc2Cl)[C@@](O)(C(F)(F)F)C1. The highest BCUT2D eigenvalue weighted by Gasteiger charge is 2.63. The van der Waals surface area contributed by atoms with Gasteiger partial charge in [0.05, 0.1) is 5.02 Å². The van der Waals surface area contributed by atoms with Crippen molar-refractivity contribution in [2.75, 3.05) is 0 Å². The lowest BCUT2D eigenvalue weighted by atomic mass is 10.1. The predicted octanol–water partition coefficient (Wildman–Crippen LogP) is 3.62. The normalized spacial score (nSPS) is 22.3. The molecule has 0 unspecified atom stereocenters. The van der Waals surface area contributed by atoms with Gasteiger partial charge in [-0.2, -0.15) is 23.3 Å². The highest BCUT2D eigenvalue weighted by molar-refractivity contribution is 6.35. The molecule has 1 aromatic rings. The molecule has 10 heteroatoms. The lowest BCUT2D eigenvalue weighted by Crippen LogP contribution is -2.58. The van der Waals surface area contributed by atoms with Crippen LogP contribution in [-0.2, 0) is 4.79 Å². The first-order valence-corrected chi connectivity index (χ1v) is 7.50. The number of ether oxygens (including phenoxy) is 1. The molecule has 1 heterocycles. The summed E-state index contributed by atoms with van der Waals surface area (Å²) >= 11 is 11.6. The van der Waals surface area contributed by atoms with Crippen LogP contribution in [-0.4, -0.2) is 39.7 Å². The number of rotatable bonds is 3. The van der Waals surface area contributed by atoms with E-state index in [1.54, 1.807) is 0 Å². The van der Waals surface area contributed by atoms with Crippen LogP contribution in [0.4, 0.5) is 13.2 Å². The van der Waals surface area contributed by atoms with Crippen LogP contribution in [0.25, 0.3) is 0 Å². The van der Waals surface area contributed by atoms with Crippen molar-refractivity contribution in [3.63, 3.8) is 0 Å². The average Bonchev–Trinajstić information content (AvgIpc) is 2.77. The summed E-state index contributed by atoms with van der Waals surface area (Å²) < 4.78 is 44.7. The van der Waals surface area contributed by atoms with E-state index in [1.807, 2.05) is 0 Å². The van der Waals surface area contributed by atoms with Gasteiger partial charge in [-0.1, -0.05) is 23.2 Å². The summed E-state index contributed by atoms with van der Waals surface area (Å²) in [4.78, 5) is 12.3. The maximum absolute atomic E-state index is 13.1. The zero-order valence-electron chi connectivity index (χ0n) is 12.6. The Morgan fingerprint density at radius 2 is 2.08 bits per heavy atom. The molecule has 132 valence electrons. The van der Waals surface area contributed by atoms with Gasteiger partial charge in [0.15, 0.2) is 6.10 Å². The molecule has 2 rings (SSSR count). The summed E-state index contributed by atoms with van der Waals surface area (Å²) in [6.07, 6.45) is -7.26. The van der Waals surface area contributed by atoms with E-state index >= 15 is 0 Å². The van der Waals surface area contributed by atoms with Crippen LogP contribution in [0.15, 0.2) is 23.3 Å². The molecule has 0 radical (unpaired) electrons. The summed E-state index contributed by atoms with van der Waals surface area (Å²) in [6.45, 7) is 2.51. The Hall–Kier alpha value is -1.51. The molecule has 0 bridgehead atoms. The van der Waals surface area contributed by atoms with E-state index in [4.69, 9.17) is 27.9 Å². The van der Waals surface area contributed by atoms with Crippen LogP contribution in [0.3, 0.4) is 0 Å². The second kappa shape index (κ2) is 6.42. The minimum absolute atomic E-state index is 0.0107. The van der Waals surface area contributed by atoms with E-state index in [9.17, 15) is 23.1 Å². The van der Waals surface area contributed by atoms with E-state index in [0.29, 0.717) is 5.02 Å². The molecule has 2 atom stereocenters. The van der Waals surface area contributed by atoms with Gasteiger partial charge >= 0.3 is 6.18 Å². The van der Waals surface area contributed by atoms with Crippen molar-refractivity contribution in [1.29, 1.82) is 0 Å². The highest BCUT2D eigenvalue weighted by atomic mass is 35.5. The zero-order valence-corrected chi connectivity index (χ0v) is 14.1. The third kappa shape index (κ3) is 3.45. The number of carbonyl (C=O) groups is 1. The number of aliphatic hydroxyl groups is 1. The fourth-order valence-corrected chi connectivity index (χ4v) is 2.61. The molecule has 0 saturated carbocycles. The Balaban J connectivity index is 2.23. The van der Waals surface area contributed by atoms with Crippen molar-refractivity contribution in [3.8, 4) is 5.75 Å². The summed E-state index contributed by atoms with van der Waals surface area (Å²) in [7, 11) is 0. The summed E-state index contributed by atoms with van der Waals surface area (Å²) in [6, 6.07) is 4.19. The Kier molecular flexibility index (Phi) is 5.03. The van der Waals surface area contributed by atoms with E-state index in [-0.39, 0.29) is 21.5 Å². The van der Waals surface area contributed by atoms with Crippen molar-refractivity contribution in [3.05, 3.63) is 28.2 Å². The number of hydrogen-bond donors (Lipinski definition) is 1. The fourth-order valence-electron chi connectivity index (χ4n) is 2.16. The molecular formula is C14H13Cl2F3N2O3. The van der Waals surface area contributed by atoms with Gasteiger partial charge in [-0.3, -0.25) is 4.79 Å². The van der Waals surface area contributed by atoms with Gasteiger partial charge in [0.2, 0.25) is 0 Å². The third-order valence-corrected chi connectivity index (χ3v) is 3.86. The quantitative estimate of drug-likeness (QED) is 0.865. The summed E-state index contributed by atoms with van der Waals surface area (Å²) in [5, 5.41) is 13.8. The van der Waals surface area contributed by atoms with Crippen LogP contribution in [0.1, 0.15) is 20.3 Å². The second-order valence-corrected chi connectivity index (χ2v) is 6.15. The molecule has 1 amide bonds. The molecule has 0 fully saturated rings. The van der Waals surface area contributed by atoms with Gasteiger partial charge in [-0.15, -0.1) is 0 Å². The first-order chi connectivity index (χ1) is 11.0. The minimum atomic E-state index is -5.07. The number of carbonyl (C=O) groups excluding carboxylic acids is 1. The van der Waals surface area contributed by atoms with Crippen LogP contribution in [0.2, 0.25) is 10.0 Å². The highest BCUT2D eigenvalue weighted by Crippen LogP contribution is 2.40. The molecule has 1 aliphatic rings. The van der Waals surface area contributed by atoms with Crippen molar-refractivity contribution in [2.45, 2.75) is 38.3 Å². The average molecular weight is 385 g/mol. The Morgan fingerprint density at radius 1 is 1.46 bits per heavy atom. The van der Waals surface area contributed by atoms with E-state index in [1.165, 1.54) is 32.0 Å². The monoisotopic (exact) mass is 384 g/mol. The number of halogens is 5. The van der Waals surface area contributed by atoms with Crippen molar-refractivity contribution >= 4 is 34.8 Å². The van der Waals surface area contributed by atoms with E-state index in [0.717, 1.165) is 0 Å². The van der Waals surface area contributed by atoms with Gasteiger partial charge in [0.25, 0.3) is 11.6 Å². The molecule has 0 aromatic heterocycles. The molecule has 1 N–H and O–H groups in total. The number of benzene rings is 1. The molecule has 1 aromatic carbocycles. The smallest absolute Gasteiger partial charge is 0.438 e. The minimum Gasteiger partial charge on any atom is -0.479 e. The van der Waals surface area contributed by atoms with Crippen LogP contribution in [0, 0.1) is 0 Å². The second-order valence-electron chi connectivity index (χ2n) is 5.31. The van der Waals surface area contributed by atoms with E-state index < -0.39 is 30.3 Å². The van der Waals surface area contributed by atoms with Gasteiger partial charge < -0.3 is 9.84 Å². The van der Waals surface area contributed by atoms with E-state index in [2.05, 4.69) is 5.10 Å². The Morgan fingerprint density at radius 3 is 2.62 bits per heavy atom. The maximum Gasteiger partial charge on any atom is 0.438 e. The maximum atomic E-state index is 13.1. The topological polar surface area (TPSA) is 62.1 Å². The molecule has 0 saturated heterocycles. The van der Waals surface area contributed by atoms with Crippen molar-refractivity contribution in [2.24, 2.45) is 5.10 Å². The third-order valence-electron chi connectivity index (χ3n) is 3.33. The van der Waals surface area contributed by atoms with Gasteiger partial charge in [0, 0.05) is 17.2 Å².